The molecule has 5 nitrogen and oxygen atoms in total. The Morgan fingerprint density at radius 2 is 1.89 bits per heavy atom. The monoisotopic (exact) mass is 391 g/mol. The summed E-state index contributed by atoms with van der Waals surface area (Å²) in [5, 5.41) is 15.7. The highest BCUT2D eigenvalue weighted by atomic mass is 35.5. The van der Waals surface area contributed by atoms with E-state index in [0.29, 0.717) is 5.02 Å². The molecule has 0 aliphatic carbocycles. The summed E-state index contributed by atoms with van der Waals surface area (Å²) in [6.45, 7) is 4.08. The van der Waals surface area contributed by atoms with Gasteiger partial charge in [0.15, 0.2) is 10.8 Å². The Morgan fingerprint density at radius 1 is 1.04 bits per heavy atom. The number of hydrogen-bond donors (Lipinski definition) is 0. The minimum atomic E-state index is 0.658. The molecule has 0 unspecified atom stereocenters. The summed E-state index contributed by atoms with van der Waals surface area (Å²) in [5.41, 5.74) is 4.96. The number of pyridine rings is 1. The van der Waals surface area contributed by atoms with E-state index in [0.717, 1.165) is 48.9 Å². The van der Waals surface area contributed by atoms with Crippen molar-refractivity contribution in [3.63, 3.8) is 0 Å². The van der Waals surface area contributed by atoms with Gasteiger partial charge in [0.1, 0.15) is 0 Å². The standard InChI is InChI=1S/C20H14ClN5S/c1-11-5-3-7-13(9-11)18-23-24-20-26(18)25-19(27-20)15-10-22-17-12(2)6-4-8-14(17)16(15)21/h3-10H,1-2H3. The fourth-order valence-corrected chi connectivity index (χ4v) is 4.38. The quantitative estimate of drug-likeness (QED) is 0.407. The summed E-state index contributed by atoms with van der Waals surface area (Å²) >= 11 is 8.15. The molecule has 3 heterocycles. The molecule has 0 aliphatic rings. The second-order valence-corrected chi connectivity index (χ2v) is 7.79. The van der Waals surface area contributed by atoms with Gasteiger partial charge in [0.05, 0.1) is 16.1 Å². The van der Waals surface area contributed by atoms with E-state index in [1.54, 1.807) is 10.7 Å². The van der Waals surface area contributed by atoms with E-state index in [1.807, 2.05) is 37.3 Å². The Bertz CT molecular complexity index is 1320. The zero-order chi connectivity index (χ0) is 18.5. The highest BCUT2D eigenvalue weighted by molar-refractivity contribution is 7.19. The molecule has 0 N–H and O–H groups in total. The number of aryl methyl sites for hydroxylation is 2. The number of aromatic nitrogens is 5. The Morgan fingerprint density at radius 3 is 2.74 bits per heavy atom. The van der Waals surface area contributed by atoms with Crippen molar-refractivity contribution in [3.05, 3.63) is 64.8 Å². The van der Waals surface area contributed by atoms with Gasteiger partial charge in [-0.3, -0.25) is 4.98 Å². The van der Waals surface area contributed by atoms with Gasteiger partial charge in [0.25, 0.3) is 0 Å². The van der Waals surface area contributed by atoms with E-state index in [1.165, 1.54) is 11.3 Å². The molecular weight excluding hydrogens is 378 g/mol. The van der Waals surface area contributed by atoms with Gasteiger partial charge < -0.3 is 0 Å². The molecule has 0 aliphatic heterocycles. The minimum absolute atomic E-state index is 0.658. The van der Waals surface area contributed by atoms with E-state index in [9.17, 15) is 0 Å². The molecule has 2 aromatic carbocycles. The van der Waals surface area contributed by atoms with Gasteiger partial charge in [-0.25, -0.2) is 0 Å². The Balaban J connectivity index is 1.69. The van der Waals surface area contributed by atoms with Crippen LogP contribution in [0.5, 0.6) is 0 Å². The molecule has 0 saturated carbocycles. The molecule has 5 rings (SSSR count). The lowest BCUT2D eigenvalue weighted by Crippen LogP contribution is -1.92. The lowest BCUT2D eigenvalue weighted by atomic mass is 10.1. The second kappa shape index (κ2) is 6.11. The molecule has 27 heavy (non-hydrogen) atoms. The molecule has 0 bridgehead atoms. The Labute approximate surface area is 164 Å². The fourth-order valence-electron chi connectivity index (χ4n) is 3.18. The first-order chi connectivity index (χ1) is 13.1. The zero-order valence-electron chi connectivity index (χ0n) is 14.6. The van der Waals surface area contributed by atoms with Crippen LogP contribution >= 0.6 is 22.9 Å². The molecule has 5 aromatic rings. The van der Waals surface area contributed by atoms with Crippen molar-refractivity contribution in [3.8, 4) is 22.0 Å². The van der Waals surface area contributed by atoms with Crippen LogP contribution in [0.15, 0.2) is 48.7 Å². The summed E-state index contributed by atoms with van der Waals surface area (Å²) in [4.78, 5) is 5.33. The van der Waals surface area contributed by atoms with Gasteiger partial charge in [-0.2, -0.15) is 9.61 Å². The second-order valence-electron chi connectivity index (χ2n) is 6.45. The number of rotatable bonds is 2. The van der Waals surface area contributed by atoms with Crippen LogP contribution in [0.3, 0.4) is 0 Å². The largest absolute Gasteiger partial charge is 0.255 e. The van der Waals surface area contributed by atoms with Crippen LogP contribution in [0.2, 0.25) is 5.02 Å². The number of halogens is 1. The first kappa shape index (κ1) is 16.4. The number of hydrogen-bond acceptors (Lipinski definition) is 5. The summed E-state index contributed by atoms with van der Waals surface area (Å²) in [7, 11) is 0. The zero-order valence-corrected chi connectivity index (χ0v) is 16.2. The Hall–Kier alpha value is -2.83. The van der Waals surface area contributed by atoms with Crippen molar-refractivity contribution in [2.45, 2.75) is 13.8 Å². The SMILES string of the molecule is Cc1cccc(-c2nnc3sc(-c4cnc5c(C)cccc5c4Cl)nn23)c1. The number of nitrogens with zero attached hydrogens (tertiary/aromatic N) is 5. The minimum Gasteiger partial charge on any atom is -0.255 e. The van der Waals surface area contributed by atoms with Gasteiger partial charge in [0.2, 0.25) is 4.96 Å². The maximum atomic E-state index is 6.70. The van der Waals surface area contributed by atoms with Crippen molar-refractivity contribution in [2.75, 3.05) is 0 Å². The topological polar surface area (TPSA) is 56.0 Å². The maximum absolute atomic E-state index is 6.70. The molecule has 0 radical (unpaired) electrons. The highest BCUT2D eigenvalue weighted by Gasteiger charge is 2.18. The van der Waals surface area contributed by atoms with Crippen molar-refractivity contribution in [2.24, 2.45) is 0 Å². The van der Waals surface area contributed by atoms with Crippen LogP contribution in [0.25, 0.3) is 37.8 Å². The first-order valence-corrected chi connectivity index (χ1v) is 9.65. The fraction of sp³-hybridized carbons (Fsp3) is 0.100. The third kappa shape index (κ3) is 2.60. The van der Waals surface area contributed by atoms with E-state index in [-0.39, 0.29) is 0 Å². The first-order valence-electron chi connectivity index (χ1n) is 8.45. The predicted octanol–water partition coefficient (Wildman–Crippen LogP) is 5.34. The van der Waals surface area contributed by atoms with Crippen molar-refractivity contribution in [1.82, 2.24) is 24.8 Å². The van der Waals surface area contributed by atoms with Crippen LogP contribution < -0.4 is 0 Å². The molecular formula is C20H14ClN5S. The normalized spacial score (nSPS) is 11.5. The van der Waals surface area contributed by atoms with Crippen molar-refractivity contribution < 1.29 is 0 Å². The molecule has 3 aromatic heterocycles. The molecule has 132 valence electrons. The van der Waals surface area contributed by atoms with Gasteiger partial charge in [-0.1, -0.05) is 64.9 Å². The van der Waals surface area contributed by atoms with E-state index in [2.05, 4.69) is 34.2 Å². The van der Waals surface area contributed by atoms with Gasteiger partial charge in [-0.05, 0) is 25.5 Å². The molecule has 0 amide bonds. The third-order valence-electron chi connectivity index (χ3n) is 4.53. The van der Waals surface area contributed by atoms with E-state index < -0.39 is 0 Å². The Kier molecular flexibility index (Phi) is 3.70. The van der Waals surface area contributed by atoms with Crippen LogP contribution in [-0.2, 0) is 0 Å². The van der Waals surface area contributed by atoms with Gasteiger partial charge in [-0.15, -0.1) is 10.2 Å². The van der Waals surface area contributed by atoms with Crippen molar-refractivity contribution in [1.29, 1.82) is 0 Å². The average Bonchev–Trinajstić information content (AvgIpc) is 3.23. The van der Waals surface area contributed by atoms with Crippen LogP contribution in [0, 0.1) is 13.8 Å². The van der Waals surface area contributed by atoms with E-state index >= 15 is 0 Å². The summed E-state index contributed by atoms with van der Waals surface area (Å²) in [6.07, 6.45) is 1.79. The van der Waals surface area contributed by atoms with E-state index in [4.69, 9.17) is 16.7 Å². The third-order valence-corrected chi connectivity index (χ3v) is 5.87. The summed E-state index contributed by atoms with van der Waals surface area (Å²) in [5.74, 6) is 0.719. The summed E-state index contributed by atoms with van der Waals surface area (Å²) in [6, 6.07) is 14.1. The molecule has 0 fully saturated rings. The van der Waals surface area contributed by atoms with Crippen LogP contribution in [0.4, 0.5) is 0 Å². The molecule has 0 spiro atoms. The highest BCUT2D eigenvalue weighted by Crippen LogP contribution is 2.36. The van der Waals surface area contributed by atoms with Gasteiger partial charge in [0, 0.05) is 17.1 Å². The predicted molar refractivity (Wildman–Crippen MR) is 109 cm³/mol. The smallest absolute Gasteiger partial charge is 0.235 e. The molecule has 0 saturated heterocycles. The average molecular weight is 392 g/mol. The van der Waals surface area contributed by atoms with Crippen molar-refractivity contribution >= 4 is 38.8 Å². The van der Waals surface area contributed by atoms with Crippen LogP contribution in [-0.4, -0.2) is 24.8 Å². The number of benzene rings is 2. The number of fused-ring (bicyclic) bond motifs is 2. The lowest BCUT2D eigenvalue weighted by molar-refractivity contribution is 0.970. The lowest BCUT2D eigenvalue weighted by Gasteiger charge is -2.06. The molecule has 0 atom stereocenters. The number of para-hydroxylation sites is 1. The maximum Gasteiger partial charge on any atom is 0.235 e. The molecule has 7 heteroatoms. The van der Waals surface area contributed by atoms with Gasteiger partial charge >= 0.3 is 0 Å². The van der Waals surface area contributed by atoms with Crippen LogP contribution in [0.1, 0.15) is 11.1 Å². The summed E-state index contributed by atoms with van der Waals surface area (Å²) < 4.78 is 1.77.